The highest BCUT2D eigenvalue weighted by Gasteiger charge is 2.20. The van der Waals surface area contributed by atoms with Gasteiger partial charge >= 0.3 is 0 Å². The van der Waals surface area contributed by atoms with Crippen molar-refractivity contribution in [1.29, 1.82) is 0 Å². The Bertz CT molecular complexity index is 1350. The third-order valence-corrected chi connectivity index (χ3v) is 5.76. The van der Waals surface area contributed by atoms with Gasteiger partial charge in [0.1, 0.15) is 11.6 Å². The predicted octanol–water partition coefficient (Wildman–Crippen LogP) is 4.94. The third kappa shape index (κ3) is 4.56. The number of fused-ring (bicyclic) bond motifs is 1. The van der Waals surface area contributed by atoms with Gasteiger partial charge in [-0.3, -0.25) is 9.59 Å². The second-order valence-corrected chi connectivity index (χ2v) is 8.17. The van der Waals surface area contributed by atoms with Crippen LogP contribution in [-0.2, 0) is 0 Å². The molecule has 33 heavy (non-hydrogen) atoms. The van der Waals surface area contributed by atoms with Gasteiger partial charge in [-0.1, -0.05) is 48.5 Å². The minimum atomic E-state index is -0.347. The lowest BCUT2D eigenvalue weighted by Gasteiger charge is -2.25. The van der Waals surface area contributed by atoms with E-state index in [9.17, 15) is 14.0 Å². The van der Waals surface area contributed by atoms with Crippen molar-refractivity contribution in [3.63, 3.8) is 0 Å². The first-order valence-corrected chi connectivity index (χ1v) is 10.7. The predicted molar refractivity (Wildman–Crippen MR) is 128 cm³/mol. The van der Waals surface area contributed by atoms with E-state index in [1.54, 1.807) is 37.3 Å². The average Bonchev–Trinajstić information content (AvgIpc) is 2.82. The average molecular weight is 445 g/mol. The Kier molecular flexibility index (Phi) is 6.38. The molecule has 0 saturated carbocycles. The molecule has 6 heteroatoms. The first-order chi connectivity index (χ1) is 15.9. The minimum Gasteiger partial charge on any atom is -0.455 e. The van der Waals surface area contributed by atoms with Crippen molar-refractivity contribution >= 4 is 16.9 Å². The first-order valence-electron chi connectivity index (χ1n) is 10.7. The fourth-order valence-corrected chi connectivity index (χ4v) is 3.92. The standard InChI is InChI=1S/C27H25FN2O3/c1-17-24(31)21-10-7-11-22(26(21)33-25(17)19-8-5-4-6-9-19)27(32)29-16-23(30(2)3)18-12-14-20(28)15-13-18/h4-15,23H,16H2,1-3H3,(H,29,32). The quantitative estimate of drug-likeness (QED) is 0.458. The highest BCUT2D eigenvalue weighted by atomic mass is 19.1. The number of nitrogens with one attached hydrogen (secondary N) is 1. The molecule has 1 aromatic heterocycles. The van der Waals surface area contributed by atoms with Crippen molar-refractivity contribution in [1.82, 2.24) is 10.2 Å². The number of likely N-dealkylation sites (N-methyl/N-ethyl adjacent to an activating group) is 1. The Morgan fingerprint density at radius 1 is 1.00 bits per heavy atom. The zero-order valence-corrected chi connectivity index (χ0v) is 18.8. The maximum absolute atomic E-state index is 13.3. The molecule has 3 aromatic carbocycles. The van der Waals surface area contributed by atoms with E-state index in [1.807, 2.05) is 49.3 Å². The van der Waals surface area contributed by atoms with Crippen LogP contribution in [0.2, 0.25) is 0 Å². The number of halogens is 1. The van der Waals surface area contributed by atoms with Crippen LogP contribution in [0.1, 0.15) is 27.5 Å². The lowest BCUT2D eigenvalue weighted by atomic mass is 10.0. The molecule has 5 nitrogen and oxygen atoms in total. The Hall–Kier alpha value is -3.77. The molecule has 0 aliphatic heterocycles. The van der Waals surface area contributed by atoms with Gasteiger partial charge < -0.3 is 14.6 Å². The van der Waals surface area contributed by atoms with Crippen molar-refractivity contribution in [2.24, 2.45) is 0 Å². The Labute approximate surface area is 191 Å². The van der Waals surface area contributed by atoms with Crippen LogP contribution >= 0.6 is 0 Å². The van der Waals surface area contributed by atoms with Crippen molar-refractivity contribution < 1.29 is 13.6 Å². The van der Waals surface area contributed by atoms with Crippen LogP contribution in [0.3, 0.4) is 0 Å². The maximum atomic E-state index is 13.3. The molecule has 0 fully saturated rings. The van der Waals surface area contributed by atoms with Crippen molar-refractivity contribution in [3.8, 4) is 11.3 Å². The topological polar surface area (TPSA) is 62.6 Å². The van der Waals surface area contributed by atoms with Crippen molar-refractivity contribution in [2.45, 2.75) is 13.0 Å². The van der Waals surface area contributed by atoms with Gasteiger partial charge in [0.15, 0.2) is 11.0 Å². The molecular formula is C27H25FN2O3. The molecule has 0 aliphatic carbocycles. The number of hydrogen-bond acceptors (Lipinski definition) is 4. The molecule has 0 saturated heterocycles. The van der Waals surface area contributed by atoms with Crippen LogP contribution < -0.4 is 10.7 Å². The Balaban J connectivity index is 1.69. The Morgan fingerprint density at radius 2 is 1.70 bits per heavy atom. The van der Waals surface area contributed by atoms with E-state index in [0.717, 1.165) is 11.1 Å². The van der Waals surface area contributed by atoms with Gasteiger partial charge in [-0.25, -0.2) is 4.39 Å². The second-order valence-electron chi connectivity index (χ2n) is 8.17. The normalized spacial score (nSPS) is 12.2. The fourth-order valence-electron chi connectivity index (χ4n) is 3.92. The second kappa shape index (κ2) is 9.38. The summed E-state index contributed by atoms with van der Waals surface area (Å²) >= 11 is 0. The molecule has 0 radical (unpaired) electrons. The van der Waals surface area contributed by atoms with Gasteiger partial charge in [-0.15, -0.1) is 0 Å². The number of amides is 1. The molecule has 0 spiro atoms. The monoisotopic (exact) mass is 444 g/mol. The van der Waals surface area contributed by atoms with E-state index < -0.39 is 0 Å². The fraction of sp³-hybridized carbons (Fsp3) is 0.185. The summed E-state index contributed by atoms with van der Waals surface area (Å²) in [6, 6.07) is 20.4. The van der Waals surface area contributed by atoms with Gasteiger partial charge in [-0.05, 0) is 50.8 Å². The van der Waals surface area contributed by atoms with Crippen LogP contribution in [-0.4, -0.2) is 31.4 Å². The van der Waals surface area contributed by atoms with Gasteiger partial charge in [0, 0.05) is 17.7 Å². The summed E-state index contributed by atoms with van der Waals surface area (Å²) in [4.78, 5) is 28.2. The van der Waals surface area contributed by atoms with Gasteiger partial charge in [0.05, 0.1) is 17.0 Å². The number of rotatable bonds is 6. The summed E-state index contributed by atoms with van der Waals surface area (Å²) < 4.78 is 19.5. The van der Waals surface area contributed by atoms with E-state index in [1.165, 1.54) is 12.1 Å². The van der Waals surface area contributed by atoms with Crippen molar-refractivity contribution in [3.05, 3.63) is 106 Å². The summed E-state index contributed by atoms with van der Waals surface area (Å²) in [5, 5.41) is 3.31. The molecule has 1 atom stereocenters. The third-order valence-electron chi connectivity index (χ3n) is 5.76. The number of benzene rings is 3. The van der Waals surface area contributed by atoms with E-state index in [-0.39, 0.29) is 28.8 Å². The number of para-hydroxylation sites is 1. The SMILES string of the molecule is Cc1c(-c2ccccc2)oc2c(C(=O)NCC(c3ccc(F)cc3)N(C)C)cccc2c1=O. The summed E-state index contributed by atoms with van der Waals surface area (Å²) in [6.07, 6.45) is 0. The zero-order chi connectivity index (χ0) is 23.5. The smallest absolute Gasteiger partial charge is 0.255 e. The van der Waals surface area contributed by atoms with E-state index in [2.05, 4.69) is 5.32 Å². The van der Waals surface area contributed by atoms with Crippen LogP contribution in [0.15, 0.2) is 82.0 Å². The van der Waals surface area contributed by atoms with Crippen LogP contribution in [0.25, 0.3) is 22.3 Å². The van der Waals surface area contributed by atoms with Crippen LogP contribution in [0, 0.1) is 12.7 Å². The summed E-state index contributed by atoms with van der Waals surface area (Å²) in [5.41, 5.74) is 2.53. The molecule has 1 heterocycles. The molecule has 168 valence electrons. The highest BCUT2D eigenvalue weighted by Crippen LogP contribution is 2.27. The molecule has 4 aromatic rings. The summed E-state index contributed by atoms with van der Waals surface area (Å²) in [6.45, 7) is 2.03. The van der Waals surface area contributed by atoms with Gasteiger partial charge in [0.25, 0.3) is 5.91 Å². The minimum absolute atomic E-state index is 0.154. The lowest BCUT2D eigenvalue weighted by molar-refractivity contribution is 0.0942. The molecule has 0 aliphatic rings. The lowest BCUT2D eigenvalue weighted by Crippen LogP contribution is -2.34. The summed E-state index contributed by atoms with van der Waals surface area (Å²) in [5.74, 6) is -0.206. The largest absolute Gasteiger partial charge is 0.455 e. The molecule has 0 bridgehead atoms. The first kappa shape index (κ1) is 22.4. The molecule has 1 amide bonds. The van der Waals surface area contributed by atoms with Gasteiger partial charge in [0.2, 0.25) is 0 Å². The van der Waals surface area contributed by atoms with Crippen LogP contribution in [0.4, 0.5) is 4.39 Å². The van der Waals surface area contributed by atoms with Gasteiger partial charge in [-0.2, -0.15) is 0 Å². The zero-order valence-electron chi connectivity index (χ0n) is 18.8. The van der Waals surface area contributed by atoms with E-state index in [4.69, 9.17) is 4.42 Å². The Morgan fingerprint density at radius 3 is 2.36 bits per heavy atom. The molecule has 4 rings (SSSR count). The molecule has 1 N–H and O–H groups in total. The van der Waals surface area contributed by atoms with E-state index in [0.29, 0.717) is 28.8 Å². The number of carbonyl (C=O) groups excluding carboxylic acids is 1. The van der Waals surface area contributed by atoms with Crippen LogP contribution in [0.5, 0.6) is 0 Å². The molecule has 1 unspecified atom stereocenters. The van der Waals surface area contributed by atoms with E-state index >= 15 is 0 Å². The molecular weight excluding hydrogens is 419 g/mol. The van der Waals surface area contributed by atoms with Crippen molar-refractivity contribution in [2.75, 3.05) is 20.6 Å². The maximum Gasteiger partial charge on any atom is 0.255 e. The highest BCUT2D eigenvalue weighted by molar-refractivity contribution is 6.05. The number of nitrogens with zero attached hydrogens (tertiary/aromatic N) is 1. The number of carbonyl (C=O) groups is 1. The number of hydrogen-bond donors (Lipinski definition) is 1. The summed E-state index contributed by atoms with van der Waals surface area (Å²) in [7, 11) is 3.79.